The number of carbonyl (C=O) groups excluding carboxylic acids is 3. The Labute approximate surface area is 320 Å². The van der Waals surface area contributed by atoms with Crippen LogP contribution in [0.25, 0.3) is 6.08 Å². The molecule has 10 heteroatoms. The first-order valence-corrected chi connectivity index (χ1v) is 19.0. The average molecular weight is 741 g/mol. The van der Waals surface area contributed by atoms with E-state index in [4.69, 9.17) is 24.1 Å². The number of fused-ring (bicyclic) bond motifs is 2. The van der Waals surface area contributed by atoms with Gasteiger partial charge in [-0.1, -0.05) is 97.1 Å². The summed E-state index contributed by atoms with van der Waals surface area (Å²) in [6.07, 6.45) is 7.86. The monoisotopic (exact) mass is 740 g/mol. The predicted molar refractivity (Wildman–Crippen MR) is 204 cm³/mol. The molecule has 4 aromatic rings. The quantitative estimate of drug-likeness (QED) is 0.122. The van der Waals surface area contributed by atoms with Gasteiger partial charge in [0.15, 0.2) is 0 Å². The molecule has 282 valence electrons. The normalized spacial score (nSPS) is 24.9. The van der Waals surface area contributed by atoms with E-state index in [0.717, 1.165) is 41.5 Å². The second-order valence-corrected chi connectivity index (χ2v) is 14.5. The third-order valence-electron chi connectivity index (χ3n) is 10.7. The van der Waals surface area contributed by atoms with Crippen LogP contribution in [0.1, 0.15) is 68.7 Å². The SMILES string of the molecule is O=C(NCc1cccc(C(=O)NCCO)c1)C1=C[C@H]2OC(c3ccccc3)(c3ccccc3)O[C@H]2[C@H](OC(=O)c2cccc(C=CC3CCC4OC4C3)c2)C1. The number of ether oxygens (including phenoxy) is 4. The van der Waals surface area contributed by atoms with E-state index in [9.17, 15) is 14.4 Å². The molecule has 1 saturated carbocycles. The van der Waals surface area contributed by atoms with E-state index in [1.54, 1.807) is 30.3 Å². The van der Waals surface area contributed by atoms with E-state index in [2.05, 4.69) is 22.8 Å². The number of esters is 1. The van der Waals surface area contributed by atoms with Crippen LogP contribution in [0.15, 0.2) is 127 Å². The van der Waals surface area contributed by atoms with E-state index in [1.807, 2.05) is 84.9 Å². The zero-order valence-electron chi connectivity index (χ0n) is 30.3. The van der Waals surface area contributed by atoms with Gasteiger partial charge in [-0.25, -0.2) is 4.79 Å². The van der Waals surface area contributed by atoms with Crippen LogP contribution in [-0.2, 0) is 36.1 Å². The van der Waals surface area contributed by atoms with Crippen molar-refractivity contribution < 1.29 is 38.4 Å². The number of hydrogen-bond acceptors (Lipinski definition) is 8. The Balaban J connectivity index is 1.04. The molecule has 4 aromatic carbocycles. The number of amides is 2. The van der Waals surface area contributed by atoms with Crippen molar-refractivity contribution in [2.24, 2.45) is 5.92 Å². The summed E-state index contributed by atoms with van der Waals surface area (Å²) in [6.45, 7) is 0.131. The summed E-state index contributed by atoms with van der Waals surface area (Å²) >= 11 is 0. The van der Waals surface area contributed by atoms with Gasteiger partial charge >= 0.3 is 5.97 Å². The van der Waals surface area contributed by atoms with Crippen molar-refractivity contribution >= 4 is 23.9 Å². The van der Waals surface area contributed by atoms with Crippen molar-refractivity contribution in [1.29, 1.82) is 0 Å². The fraction of sp³-hybridized carbons (Fsp3) is 0.311. The molecular formula is C45H44N2O8. The maximum absolute atomic E-state index is 13.9. The summed E-state index contributed by atoms with van der Waals surface area (Å²) in [5.74, 6) is -2.07. The average Bonchev–Trinajstić information content (AvgIpc) is 3.90. The second kappa shape index (κ2) is 16.1. The molecule has 55 heavy (non-hydrogen) atoms. The molecule has 2 saturated heterocycles. The number of benzene rings is 4. The van der Waals surface area contributed by atoms with Crippen molar-refractivity contribution in [2.45, 2.75) is 68.5 Å². The Morgan fingerprint density at radius 1 is 0.800 bits per heavy atom. The highest BCUT2D eigenvalue weighted by molar-refractivity contribution is 5.95. The third kappa shape index (κ3) is 8.18. The maximum Gasteiger partial charge on any atom is 0.338 e. The van der Waals surface area contributed by atoms with Crippen molar-refractivity contribution in [3.8, 4) is 0 Å². The highest BCUT2D eigenvalue weighted by Gasteiger charge is 2.55. The molecule has 0 radical (unpaired) electrons. The highest BCUT2D eigenvalue weighted by atomic mass is 16.8. The molecule has 2 aliphatic heterocycles. The molecular weight excluding hydrogens is 697 g/mol. The van der Waals surface area contributed by atoms with Crippen LogP contribution >= 0.6 is 0 Å². The van der Waals surface area contributed by atoms with Gasteiger partial charge in [-0.15, -0.1) is 0 Å². The lowest BCUT2D eigenvalue weighted by molar-refractivity contribution is -0.157. The molecule has 0 spiro atoms. The van der Waals surface area contributed by atoms with Gasteiger partial charge in [0.2, 0.25) is 11.7 Å². The van der Waals surface area contributed by atoms with Crippen LogP contribution in [-0.4, -0.2) is 66.6 Å². The number of rotatable bonds is 12. The number of aliphatic hydroxyl groups excluding tert-OH is 1. The lowest BCUT2D eigenvalue weighted by Crippen LogP contribution is -2.43. The lowest BCUT2D eigenvalue weighted by Gasteiger charge is -2.31. The zero-order valence-corrected chi connectivity index (χ0v) is 30.3. The second-order valence-electron chi connectivity index (χ2n) is 14.5. The van der Waals surface area contributed by atoms with Crippen LogP contribution in [0.2, 0.25) is 0 Å². The fourth-order valence-electron chi connectivity index (χ4n) is 7.81. The minimum Gasteiger partial charge on any atom is -0.456 e. The topological polar surface area (TPSA) is 136 Å². The smallest absolute Gasteiger partial charge is 0.338 e. The van der Waals surface area contributed by atoms with Crippen LogP contribution in [0, 0.1) is 5.92 Å². The van der Waals surface area contributed by atoms with Gasteiger partial charge < -0.3 is 34.7 Å². The summed E-state index contributed by atoms with van der Waals surface area (Å²) < 4.78 is 25.7. The number of nitrogens with one attached hydrogen (secondary N) is 2. The summed E-state index contributed by atoms with van der Waals surface area (Å²) in [4.78, 5) is 40.2. The zero-order chi connectivity index (χ0) is 37.8. The van der Waals surface area contributed by atoms with E-state index in [1.165, 1.54) is 0 Å². The maximum atomic E-state index is 13.9. The largest absolute Gasteiger partial charge is 0.456 e. The first-order chi connectivity index (χ1) is 26.9. The predicted octanol–water partition coefficient (Wildman–Crippen LogP) is 5.85. The summed E-state index contributed by atoms with van der Waals surface area (Å²) in [5.41, 5.74) is 4.36. The lowest BCUT2D eigenvalue weighted by atomic mass is 9.88. The fourth-order valence-corrected chi connectivity index (χ4v) is 7.81. The van der Waals surface area contributed by atoms with Gasteiger partial charge in [0.05, 0.1) is 24.4 Å². The molecule has 3 fully saturated rings. The van der Waals surface area contributed by atoms with Crippen molar-refractivity contribution in [3.63, 3.8) is 0 Å². The summed E-state index contributed by atoms with van der Waals surface area (Å²) in [7, 11) is 0. The van der Waals surface area contributed by atoms with Crippen LogP contribution in [0.5, 0.6) is 0 Å². The van der Waals surface area contributed by atoms with Crippen molar-refractivity contribution in [1.82, 2.24) is 10.6 Å². The Morgan fingerprint density at radius 3 is 2.29 bits per heavy atom. The molecule has 0 aromatic heterocycles. The van der Waals surface area contributed by atoms with E-state index in [0.29, 0.717) is 34.8 Å². The van der Waals surface area contributed by atoms with Gasteiger partial charge in [0, 0.05) is 41.8 Å². The molecule has 8 rings (SSSR count). The van der Waals surface area contributed by atoms with E-state index < -0.39 is 30.1 Å². The Morgan fingerprint density at radius 2 is 1.55 bits per heavy atom. The molecule has 0 bridgehead atoms. The Hall–Kier alpha value is -5.39. The van der Waals surface area contributed by atoms with Gasteiger partial charge in [0.1, 0.15) is 18.3 Å². The standard InChI is InChI=1S/C45H44N2O8/c48-22-21-46-42(49)32-11-8-10-31(24-32)28-47-43(50)34-26-39(53-44(51)33-12-7-9-29(23-33)17-18-30-19-20-37-38(25-30)52-37)41-40(27-34)54-45(55-41,35-13-3-1-4-14-35)36-15-5-2-6-16-36/h1-18,23-24,27,30,37-41,48H,19-22,25-26,28H2,(H,46,49)(H,47,50)/t30?,37?,38?,39-,40-,41+/m1/s1. The van der Waals surface area contributed by atoms with Crippen LogP contribution < -0.4 is 10.6 Å². The number of allylic oxidation sites excluding steroid dienone is 1. The third-order valence-corrected chi connectivity index (χ3v) is 10.7. The summed E-state index contributed by atoms with van der Waals surface area (Å²) in [5, 5.41) is 14.7. The Bertz CT molecular complexity index is 2040. The first-order valence-electron chi connectivity index (χ1n) is 19.0. The van der Waals surface area contributed by atoms with Crippen molar-refractivity contribution in [3.05, 3.63) is 160 Å². The number of carbonyl (C=O) groups is 3. The molecule has 2 aliphatic carbocycles. The van der Waals surface area contributed by atoms with Gasteiger partial charge in [-0.3, -0.25) is 9.59 Å². The first kappa shape index (κ1) is 36.6. The van der Waals surface area contributed by atoms with Crippen LogP contribution in [0.3, 0.4) is 0 Å². The van der Waals surface area contributed by atoms with Gasteiger partial charge in [0.25, 0.3) is 5.91 Å². The van der Waals surface area contributed by atoms with Gasteiger partial charge in [-0.2, -0.15) is 0 Å². The minimum absolute atomic E-state index is 0.0941. The minimum atomic E-state index is -1.32. The molecule has 6 atom stereocenters. The number of aliphatic hydroxyl groups is 1. The number of hydrogen-bond donors (Lipinski definition) is 3. The summed E-state index contributed by atoms with van der Waals surface area (Å²) in [6, 6.07) is 33.5. The van der Waals surface area contributed by atoms with Crippen LogP contribution in [0.4, 0.5) is 0 Å². The molecule has 3 unspecified atom stereocenters. The molecule has 2 heterocycles. The van der Waals surface area contributed by atoms with Gasteiger partial charge in [-0.05, 0) is 66.6 Å². The Kier molecular flexibility index (Phi) is 10.7. The van der Waals surface area contributed by atoms with Crippen molar-refractivity contribution in [2.75, 3.05) is 13.2 Å². The highest BCUT2D eigenvalue weighted by Crippen LogP contribution is 2.47. The molecule has 3 N–H and O–H groups in total. The molecule has 2 amide bonds. The molecule has 4 aliphatic rings. The number of epoxide rings is 1. The van der Waals surface area contributed by atoms with E-state index >= 15 is 0 Å². The molecule has 10 nitrogen and oxygen atoms in total. The van der Waals surface area contributed by atoms with E-state index in [-0.39, 0.29) is 37.9 Å².